The first-order valence-electron chi connectivity index (χ1n) is 17.9. The Kier molecular flexibility index (Phi) is 6.28. The first-order valence-corrected chi connectivity index (χ1v) is 17.9. The minimum atomic E-state index is 1.15. The molecule has 0 aliphatic heterocycles. The van der Waals surface area contributed by atoms with Gasteiger partial charge in [0.25, 0.3) is 0 Å². The molecule has 0 radical (unpaired) electrons. The number of H-pyrrole nitrogens is 1. The van der Waals surface area contributed by atoms with Crippen molar-refractivity contribution in [3.63, 3.8) is 0 Å². The number of aromatic amines is 1. The second kappa shape index (κ2) is 11.3. The summed E-state index contributed by atoms with van der Waals surface area (Å²) in [7, 11) is 0. The van der Waals surface area contributed by atoms with E-state index < -0.39 is 0 Å². The van der Waals surface area contributed by atoms with E-state index in [-0.39, 0.29) is 0 Å². The normalized spacial score (nSPS) is 11.8. The SMILES string of the molecule is c1ccc2c(-c3ccc4c(c3)c3cc(-c5cccc6ccccc56)ccc3n4-c3ccc(-c4ccc5[nH]c6ccccc6c5c4)cc3)cccc2c1. The van der Waals surface area contributed by atoms with Crippen molar-refractivity contribution in [1.29, 1.82) is 0 Å². The van der Waals surface area contributed by atoms with Crippen LogP contribution in [0.1, 0.15) is 0 Å². The van der Waals surface area contributed by atoms with E-state index in [9.17, 15) is 0 Å². The van der Waals surface area contributed by atoms with E-state index in [2.05, 4.69) is 198 Å². The van der Waals surface area contributed by atoms with Crippen molar-refractivity contribution in [3.05, 3.63) is 188 Å². The van der Waals surface area contributed by atoms with E-state index in [0.717, 1.165) is 11.2 Å². The molecule has 0 saturated carbocycles. The van der Waals surface area contributed by atoms with Crippen LogP contribution in [0.5, 0.6) is 0 Å². The van der Waals surface area contributed by atoms with Gasteiger partial charge in [0.2, 0.25) is 0 Å². The Morgan fingerprint density at radius 2 is 0.788 bits per heavy atom. The maximum atomic E-state index is 3.56. The van der Waals surface area contributed by atoms with Gasteiger partial charge < -0.3 is 9.55 Å². The third-order valence-corrected chi connectivity index (χ3v) is 10.9. The third-order valence-electron chi connectivity index (χ3n) is 10.9. The number of hydrogen-bond donors (Lipinski definition) is 1. The Morgan fingerprint density at radius 1 is 0.308 bits per heavy atom. The average molecular weight is 661 g/mol. The van der Waals surface area contributed by atoms with Gasteiger partial charge in [-0.15, -0.1) is 0 Å². The summed E-state index contributed by atoms with van der Waals surface area (Å²) in [5.41, 5.74) is 13.2. The average Bonchev–Trinajstić information content (AvgIpc) is 3.75. The van der Waals surface area contributed by atoms with Gasteiger partial charge in [-0.25, -0.2) is 0 Å². The molecule has 0 bridgehead atoms. The van der Waals surface area contributed by atoms with Crippen molar-refractivity contribution < 1.29 is 0 Å². The molecule has 1 N–H and O–H groups in total. The lowest BCUT2D eigenvalue weighted by Gasteiger charge is -2.11. The zero-order chi connectivity index (χ0) is 34.2. The first kappa shape index (κ1) is 28.9. The zero-order valence-corrected chi connectivity index (χ0v) is 28.3. The lowest BCUT2D eigenvalue weighted by Crippen LogP contribution is -1.94. The lowest BCUT2D eigenvalue weighted by molar-refractivity contribution is 1.18. The molecule has 0 aliphatic carbocycles. The molecular weight excluding hydrogens is 629 g/mol. The maximum Gasteiger partial charge on any atom is 0.0541 e. The third kappa shape index (κ3) is 4.44. The van der Waals surface area contributed by atoms with Gasteiger partial charge in [0, 0.05) is 38.3 Å². The van der Waals surface area contributed by atoms with Crippen LogP contribution in [0.15, 0.2) is 188 Å². The molecule has 9 aromatic carbocycles. The fourth-order valence-corrected chi connectivity index (χ4v) is 8.42. The summed E-state index contributed by atoms with van der Waals surface area (Å²) in [6.07, 6.45) is 0. The largest absolute Gasteiger partial charge is 0.355 e. The topological polar surface area (TPSA) is 20.7 Å². The molecule has 0 spiro atoms. The van der Waals surface area contributed by atoms with Crippen molar-refractivity contribution in [2.45, 2.75) is 0 Å². The summed E-state index contributed by atoms with van der Waals surface area (Å²) >= 11 is 0. The highest BCUT2D eigenvalue weighted by atomic mass is 15.0. The van der Waals surface area contributed by atoms with Gasteiger partial charge >= 0.3 is 0 Å². The van der Waals surface area contributed by atoms with Crippen LogP contribution in [0.25, 0.3) is 104 Å². The Hall–Kier alpha value is -6.90. The van der Waals surface area contributed by atoms with Crippen LogP contribution in [0.4, 0.5) is 0 Å². The Bertz CT molecular complexity index is 3030. The van der Waals surface area contributed by atoms with Gasteiger partial charge in [-0.1, -0.05) is 133 Å². The van der Waals surface area contributed by atoms with E-state index >= 15 is 0 Å². The van der Waals surface area contributed by atoms with Gasteiger partial charge in [0.15, 0.2) is 0 Å². The minimum Gasteiger partial charge on any atom is -0.355 e. The number of benzene rings is 9. The molecule has 0 atom stereocenters. The molecule has 0 fully saturated rings. The number of aromatic nitrogens is 2. The van der Waals surface area contributed by atoms with Gasteiger partial charge in [-0.05, 0) is 110 Å². The zero-order valence-electron chi connectivity index (χ0n) is 28.3. The van der Waals surface area contributed by atoms with Gasteiger partial charge in [-0.3, -0.25) is 0 Å². The van der Waals surface area contributed by atoms with Crippen LogP contribution < -0.4 is 0 Å². The second-order valence-corrected chi connectivity index (χ2v) is 13.8. The number of para-hydroxylation sites is 1. The Balaban J connectivity index is 1.10. The highest BCUT2D eigenvalue weighted by Crippen LogP contribution is 2.40. The smallest absolute Gasteiger partial charge is 0.0541 e. The summed E-state index contributed by atoms with van der Waals surface area (Å²) in [6, 6.07) is 68.9. The highest BCUT2D eigenvalue weighted by molar-refractivity contribution is 6.13. The molecule has 2 heterocycles. The first-order chi connectivity index (χ1) is 25.8. The number of rotatable bonds is 4. The molecule has 0 amide bonds. The molecule has 0 aliphatic rings. The highest BCUT2D eigenvalue weighted by Gasteiger charge is 2.16. The summed E-state index contributed by atoms with van der Waals surface area (Å²) in [6.45, 7) is 0. The van der Waals surface area contributed by atoms with Crippen LogP contribution in [0.2, 0.25) is 0 Å². The van der Waals surface area contributed by atoms with Crippen LogP contribution in [0, 0.1) is 0 Å². The molecule has 2 heteroatoms. The number of fused-ring (bicyclic) bond motifs is 8. The molecule has 242 valence electrons. The van der Waals surface area contributed by atoms with E-state index in [4.69, 9.17) is 0 Å². The molecule has 2 nitrogen and oxygen atoms in total. The number of nitrogens with zero attached hydrogens (tertiary/aromatic N) is 1. The molecule has 52 heavy (non-hydrogen) atoms. The molecule has 11 aromatic rings. The number of nitrogens with one attached hydrogen (secondary N) is 1. The van der Waals surface area contributed by atoms with E-state index in [1.54, 1.807) is 0 Å². The monoisotopic (exact) mass is 660 g/mol. The van der Waals surface area contributed by atoms with Crippen molar-refractivity contribution >= 4 is 65.2 Å². The molecular formula is C50H32N2. The minimum absolute atomic E-state index is 1.15. The van der Waals surface area contributed by atoms with E-state index in [1.165, 1.54) is 93.0 Å². The van der Waals surface area contributed by atoms with Crippen molar-refractivity contribution in [2.75, 3.05) is 0 Å². The predicted octanol–water partition coefficient (Wildman–Crippen LogP) is 13.7. The summed E-state index contributed by atoms with van der Waals surface area (Å²) in [4.78, 5) is 3.56. The van der Waals surface area contributed by atoms with Gasteiger partial charge in [-0.2, -0.15) is 0 Å². The summed E-state index contributed by atoms with van der Waals surface area (Å²) < 4.78 is 2.43. The van der Waals surface area contributed by atoms with E-state index in [1.807, 2.05) is 0 Å². The van der Waals surface area contributed by atoms with Crippen LogP contribution >= 0.6 is 0 Å². The fraction of sp³-hybridized carbons (Fsp3) is 0. The van der Waals surface area contributed by atoms with Gasteiger partial charge in [0.1, 0.15) is 0 Å². The Labute approximate surface area is 300 Å². The molecule has 2 aromatic heterocycles. The fourth-order valence-electron chi connectivity index (χ4n) is 8.42. The van der Waals surface area contributed by atoms with E-state index in [0.29, 0.717) is 0 Å². The lowest BCUT2D eigenvalue weighted by atomic mass is 9.95. The number of hydrogen-bond acceptors (Lipinski definition) is 0. The molecule has 0 unspecified atom stereocenters. The summed E-state index contributed by atoms with van der Waals surface area (Å²) in [5, 5.41) is 10.1. The molecule has 11 rings (SSSR count). The van der Waals surface area contributed by atoms with Crippen LogP contribution in [-0.4, -0.2) is 9.55 Å². The van der Waals surface area contributed by atoms with Crippen molar-refractivity contribution in [2.24, 2.45) is 0 Å². The van der Waals surface area contributed by atoms with Crippen molar-refractivity contribution in [1.82, 2.24) is 9.55 Å². The maximum absolute atomic E-state index is 3.56. The summed E-state index contributed by atoms with van der Waals surface area (Å²) in [5.74, 6) is 0. The van der Waals surface area contributed by atoms with Gasteiger partial charge in [0.05, 0.1) is 11.0 Å². The van der Waals surface area contributed by atoms with Crippen LogP contribution in [0.3, 0.4) is 0 Å². The Morgan fingerprint density at radius 3 is 1.42 bits per heavy atom. The van der Waals surface area contributed by atoms with Crippen LogP contribution in [-0.2, 0) is 0 Å². The predicted molar refractivity (Wildman–Crippen MR) is 221 cm³/mol. The van der Waals surface area contributed by atoms with Crippen molar-refractivity contribution in [3.8, 4) is 39.1 Å². The quantitative estimate of drug-likeness (QED) is 0.194. The standard InChI is InChI=1S/C50H32N2/c1-3-13-39-33(9-1)11-7-16-41(39)36-22-27-49-45(30-36)46-31-37(42-17-8-12-34-10-2-4-14-40(34)42)23-28-50(46)52(49)38-24-19-32(20-25-38)35-21-26-48-44(29-35)43-15-5-6-18-47(43)51-48/h1-31,51H. The molecule has 0 saturated heterocycles. The second-order valence-electron chi connectivity index (χ2n) is 13.8.